The number of phenolic OH excluding ortho intramolecular Hbond substituents is 1. The normalized spacial score (nSPS) is 9.33. The molecule has 0 saturated carbocycles. The molecule has 1 N–H and O–H groups in total. The first-order valence-corrected chi connectivity index (χ1v) is 2.87. The summed E-state index contributed by atoms with van der Waals surface area (Å²) in [4.78, 5) is 0. The van der Waals surface area contributed by atoms with Gasteiger partial charge in [-0.1, -0.05) is 0 Å². The fourth-order valence-corrected chi connectivity index (χ4v) is 0.714. The summed E-state index contributed by atoms with van der Waals surface area (Å²) in [7, 11) is 0. The van der Waals surface area contributed by atoms with E-state index in [1.54, 1.807) is 0 Å². The van der Waals surface area contributed by atoms with Crippen molar-refractivity contribution >= 4 is 29.6 Å². The summed E-state index contributed by atoms with van der Waals surface area (Å²) in [5.41, 5.74) is -0.512. The summed E-state index contributed by atoms with van der Waals surface area (Å²) in [5, 5.41) is 8.62. The van der Waals surface area contributed by atoms with Gasteiger partial charge in [0.25, 0.3) is 0 Å². The van der Waals surface area contributed by atoms with E-state index < -0.39 is 28.8 Å². The van der Waals surface area contributed by atoms with Gasteiger partial charge in [0.05, 0.1) is 0 Å². The first-order chi connectivity index (χ1) is 5.04. The second-order valence-electron chi connectivity index (χ2n) is 2.13. The molecule has 0 heterocycles. The standard InChI is InChI=1S/C7H5F3O.Na.H/c1-3-6(9)4(8)2-5(11)7(3)10;;/h2,11H,1H3;;. The van der Waals surface area contributed by atoms with E-state index in [1.165, 1.54) is 0 Å². The average molecular weight is 186 g/mol. The molecule has 0 radical (unpaired) electrons. The zero-order valence-corrected chi connectivity index (χ0v) is 5.66. The van der Waals surface area contributed by atoms with Crippen molar-refractivity contribution in [3.63, 3.8) is 0 Å². The van der Waals surface area contributed by atoms with E-state index in [9.17, 15) is 13.2 Å². The van der Waals surface area contributed by atoms with Crippen molar-refractivity contribution in [1.82, 2.24) is 0 Å². The minimum atomic E-state index is -1.26. The number of rotatable bonds is 0. The quantitative estimate of drug-likeness (QED) is 0.480. The van der Waals surface area contributed by atoms with Crippen LogP contribution in [-0.4, -0.2) is 34.7 Å². The number of halogens is 3. The zero-order chi connectivity index (χ0) is 8.59. The summed E-state index contributed by atoms with van der Waals surface area (Å²) < 4.78 is 37.3. The van der Waals surface area contributed by atoms with Crippen LogP contribution >= 0.6 is 0 Å². The van der Waals surface area contributed by atoms with Crippen LogP contribution in [0.15, 0.2) is 6.07 Å². The molecule has 0 aliphatic rings. The molecular formula is C7H6F3NaO. The molecule has 0 saturated heterocycles. The Kier molecular flexibility index (Phi) is 4.10. The van der Waals surface area contributed by atoms with E-state index in [4.69, 9.17) is 5.11 Å². The van der Waals surface area contributed by atoms with Gasteiger partial charge in [-0.3, -0.25) is 0 Å². The molecule has 0 aliphatic heterocycles. The Morgan fingerprint density at radius 1 is 1.17 bits per heavy atom. The van der Waals surface area contributed by atoms with Gasteiger partial charge in [0, 0.05) is 11.6 Å². The second kappa shape index (κ2) is 4.16. The molecule has 1 aromatic carbocycles. The van der Waals surface area contributed by atoms with Crippen LogP contribution in [0.5, 0.6) is 5.75 Å². The third kappa shape index (κ3) is 1.94. The minimum absolute atomic E-state index is 0. The maximum absolute atomic E-state index is 12.5. The van der Waals surface area contributed by atoms with Gasteiger partial charge in [-0.15, -0.1) is 0 Å². The fourth-order valence-electron chi connectivity index (χ4n) is 0.714. The van der Waals surface area contributed by atoms with E-state index in [-0.39, 0.29) is 29.6 Å². The van der Waals surface area contributed by atoms with Gasteiger partial charge < -0.3 is 5.11 Å². The summed E-state index contributed by atoms with van der Waals surface area (Å²) in [6, 6.07) is 0.400. The Labute approximate surface area is 89.5 Å². The molecule has 0 atom stereocenters. The molecule has 0 spiro atoms. The predicted octanol–water partition coefficient (Wildman–Crippen LogP) is 1.47. The molecule has 1 nitrogen and oxygen atoms in total. The molecule has 0 aliphatic carbocycles. The summed E-state index contributed by atoms with van der Waals surface area (Å²) in [6.45, 7) is 1.05. The van der Waals surface area contributed by atoms with Crippen LogP contribution in [0.4, 0.5) is 13.2 Å². The molecule has 12 heavy (non-hydrogen) atoms. The van der Waals surface area contributed by atoms with E-state index >= 15 is 0 Å². The molecule has 62 valence electrons. The van der Waals surface area contributed by atoms with E-state index in [0.717, 1.165) is 6.92 Å². The number of phenols is 1. The molecule has 0 fully saturated rings. The first-order valence-electron chi connectivity index (χ1n) is 2.87. The van der Waals surface area contributed by atoms with Gasteiger partial charge in [-0.2, -0.15) is 0 Å². The topological polar surface area (TPSA) is 20.2 Å². The van der Waals surface area contributed by atoms with Crippen molar-refractivity contribution in [2.24, 2.45) is 0 Å². The monoisotopic (exact) mass is 186 g/mol. The van der Waals surface area contributed by atoms with E-state index in [2.05, 4.69) is 0 Å². The van der Waals surface area contributed by atoms with Crippen LogP contribution in [0, 0.1) is 24.4 Å². The second-order valence-corrected chi connectivity index (χ2v) is 2.13. The Morgan fingerprint density at radius 3 is 2.17 bits per heavy atom. The van der Waals surface area contributed by atoms with Crippen molar-refractivity contribution in [2.45, 2.75) is 6.92 Å². The van der Waals surface area contributed by atoms with Crippen LogP contribution in [0.3, 0.4) is 0 Å². The van der Waals surface area contributed by atoms with Crippen LogP contribution < -0.4 is 0 Å². The van der Waals surface area contributed by atoms with Crippen LogP contribution in [0.25, 0.3) is 0 Å². The van der Waals surface area contributed by atoms with Crippen LogP contribution in [-0.2, 0) is 0 Å². The average Bonchev–Trinajstić information content (AvgIpc) is 1.97. The Bertz CT molecular complexity index is 275. The Hall–Kier alpha value is -0.190. The van der Waals surface area contributed by atoms with Gasteiger partial charge in [0.15, 0.2) is 23.2 Å². The number of hydrogen-bond acceptors (Lipinski definition) is 1. The first kappa shape index (κ1) is 11.8. The molecule has 0 unspecified atom stereocenters. The van der Waals surface area contributed by atoms with Crippen molar-refractivity contribution in [3.05, 3.63) is 29.1 Å². The number of hydrogen-bond donors (Lipinski definition) is 1. The van der Waals surface area contributed by atoms with Crippen molar-refractivity contribution in [2.75, 3.05) is 0 Å². The summed E-state index contributed by atoms with van der Waals surface area (Å²) >= 11 is 0. The molecule has 1 rings (SSSR count). The van der Waals surface area contributed by atoms with Gasteiger partial charge in [0.2, 0.25) is 0 Å². The summed E-state index contributed by atoms with van der Waals surface area (Å²) in [5.74, 6) is -4.51. The molecular weight excluding hydrogens is 180 g/mol. The van der Waals surface area contributed by atoms with Crippen LogP contribution in [0.2, 0.25) is 0 Å². The third-order valence-corrected chi connectivity index (χ3v) is 1.36. The van der Waals surface area contributed by atoms with Crippen molar-refractivity contribution < 1.29 is 18.3 Å². The van der Waals surface area contributed by atoms with Crippen LogP contribution in [0.1, 0.15) is 5.56 Å². The van der Waals surface area contributed by atoms with Gasteiger partial charge in [-0.05, 0) is 6.92 Å². The Balaban J connectivity index is 0.00000121. The predicted molar refractivity (Wildman–Crippen MR) is 39.9 cm³/mol. The van der Waals surface area contributed by atoms with Gasteiger partial charge in [-0.25, -0.2) is 13.2 Å². The SMILES string of the molecule is Cc1c(F)c(O)cc(F)c1F.[NaH]. The number of benzene rings is 1. The zero-order valence-electron chi connectivity index (χ0n) is 5.66. The van der Waals surface area contributed by atoms with Gasteiger partial charge >= 0.3 is 29.6 Å². The van der Waals surface area contributed by atoms with E-state index in [1.807, 2.05) is 0 Å². The van der Waals surface area contributed by atoms with Crippen molar-refractivity contribution in [1.29, 1.82) is 0 Å². The molecule has 1 aromatic rings. The van der Waals surface area contributed by atoms with Crippen molar-refractivity contribution in [3.8, 4) is 5.75 Å². The van der Waals surface area contributed by atoms with E-state index in [0.29, 0.717) is 6.07 Å². The summed E-state index contributed by atoms with van der Waals surface area (Å²) in [6.07, 6.45) is 0. The number of aromatic hydroxyl groups is 1. The molecule has 0 bridgehead atoms. The Morgan fingerprint density at radius 2 is 1.67 bits per heavy atom. The molecule has 0 aromatic heterocycles. The van der Waals surface area contributed by atoms with Gasteiger partial charge in [0.1, 0.15) is 0 Å². The maximum atomic E-state index is 12.5. The fraction of sp³-hybridized carbons (Fsp3) is 0.143. The molecule has 5 heteroatoms. The third-order valence-electron chi connectivity index (χ3n) is 1.36. The molecule has 0 amide bonds.